The van der Waals surface area contributed by atoms with Crippen LogP contribution in [0.15, 0.2) is 22.7 Å². The Bertz CT molecular complexity index is 919. The molecule has 1 aliphatic carbocycles. The van der Waals surface area contributed by atoms with Crippen molar-refractivity contribution in [3.8, 4) is 0 Å². The van der Waals surface area contributed by atoms with Crippen molar-refractivity contribution >= 4 is 23.2 Å². The van der Waals surface area contributed by atoms with Crippen LogP contribution in [0.4, 0.5) is 11.4 Å². The third kappa shape index (κ3) is 3.24. The minimum absolute atomic E-state index is 0.211. The minimum Gasteiger partial charge on any atom is -0.361 e. The SMILES string of the molecule is Cc1onc(C(C)(C)C)c1C(=O)Nc1ccc2c(c1)CCN2C(=O)C1CC1. The number of rotatable bonds is 3. The summed E-state index contributed by atoms with van der Waals surface area (Å²) in [6.45, 7) is 8.48. The van der Waals surface area contributed by atoms with Crippen molar-refractivity contribution in [2.24, 2.45) is 5.92 Å². The first-order valence-electron chi connectivity index (χ1n) is 9.48. The molecule has 1 aromatic heterocycles. The standard InChI is InChI=1S/C21H25N3O3/c1-12-17(18(23-27-12)21(2,3)4)19(25)22-15-7-8-16-14(11-15)9-10-24(16)20(26)13-5-6-13/h7-8,11,13H,5-6,9-10H2,1-4H3,(H,22,25). The third-order valence-electron chi connectivity index (χ3n) is 5.23. The molecule has 6 nitrogen and oxygen atoms in total. The number of benzene rings is 1. The van der Waals surface area contributed by atoms with E-state index in [-0.39, 0.29) is 23.1 Å². The summed E-state index contributed by atoms with van der Waals surface area (Å²) in [7, 11) is 0. The summed E-state index contributed by atoms with van der Waals surface area (Å²) >= 11 is 0. The highest BCUT2D eigenvalue weighted by Gasteiger charge is 2.36. The van der Waals surface area contributed by atoms with Gasteiger partial charge < -0.3 is 14.7 Å². The smallest absolute Gasteiger partial charge is 0.261 e. The quantitative estimate of drug-likeness (QED) is 0.894. The summed E-state index contributed by atoms with van der Waals surface area (Å²) in [5.74, 6) is 0.741. The number of nitrogens with one attached hydrogen (secondary N) is 1. The van der Waals surface area contributed by atoms with Crippen molar-refractivity contribution in [2.45, 2.75) is 52.4 Å². The topological polar surface area (TPSA) is 75.4 Å². The molecule has 2 heterocycles. The molecule has 142 valence electrons. The fraction of sp³-hybridized carbons (Fsp3) is 0.476. The van der Waals surface area contributed by atoms with Crippen LogP contribution in [-0.2, 0) is 16.6 Å². The first kappa shape index (κ1) is 17.8. The van der Waals surface area contributed by atoms with Crippen LogP contribution in [0, 0.1) is 12.8 Å². The van der Waals surface area contributed by atoms with Crippen LogP contribution in [0.5, 0.6) is 0 Å². The van der Waals surface area contributed by atoms with Crippen molar-refractivity contribution in [1.29, 1.82) is 0 Å². The van der Waals surface area contributed by atoms with Crippen molar-refractivity contribution in [3.05, 3.63) is 40.8 Å². The Morgan fingerprint density at radius 1 is 1.26 bits per heavy atom. The van der Waals surface area contributed by atoms with E-state index in [9.17, 15) is 9.59 Å². The highest BCUT2D eigenvalue weighted by molar-refractivity contribution is 6.06. The van der Waals surface area contributed by atoms with E-state index in [0.29, 0.717) is 17.0 Å². The molecule has 2 aliphatic rings. The van der Waals surface area contributed by atoms with Gasteiger partial charge in [0.2, 0.25) is 5.91 Å². The first-order valence-corrected chi connectivity index (χ1v) is 9.48. The molecule has 1 fully saturated rings. The number of fused-ring (bicyclic) bond motifs is 1. The van der Waals surface area contributed by atoms with Crippen molar-refractivity contribution in [3.63, 3.8) is 0 Å². The lowest BCUT2D eigenvalue weighted by molar-refractivity contribution is -0.119. The van der Waals surface area contributed by atoms with E-state index in [0.717, 1.165) is 42.7 Å². The van der Waals surface area contributed by atoms with Gasteiger partial charge in [-0.25, -0.2) is 0 Å². The summed E-state index contributed by atoms with van der Waals surface area (Å²) in [6.07, 6.45) is 2.83. The predicted molar refractivity (Wildman–Crippen MR) is 103 cm³/mol. The molecule has 1 N–H and O–H groups in total. The molecule has 6 heteroatoms. The van der Waals surface area contributed by atoms with Gasteiger partial charge in [-0.05, 0) is 49.9 Å². The molecule has 2 amide bonds. The monoisotopic (exact) mass is 367 g/mol. The Balaban J connectivity index is 1.56. The molecule has 1 aliphatic heterocycles. The highest BCUT2D eigenvalue weighted by Crippen LogP contribution is 2.37. The fourth-order valence-corrected chi connectivity index (χ4v) is 3.60. The van der Waals surface area contributed by atoms with Gasteiger partial charge in [-0.2, -0.15) is 0 Å². The van der Waals surface area contributed by atoms with E-state index in [2.05, 4.69) is 10.5 Å². The van der Waals surface area contributed by atoms with Gasteiger partial charge >= 0.3 is 0 Å². The summed E-state index contributed by atoms with van der Waals surface area (Å²) < 4.78 is 5.27. The van der Waals surface area contributed by atoms with Crippen molar-refractivity contribution in [1.82, 2.24) is 5.16 Å². The summed E-state index contributed by atoms with van der Waals surface area (Å²) in [5.41, 5.74) is 3.65. The van der Waals surface area contributed by atoms with Crippen LogP contribution < -0.4 is 10.2 Å². The van der Waals surface area contributed by atoms with Crippen LogP contribution in [0.25, 0.3) is 0 Å². The largest absolute Gasteiger partial charge is 0.361 e. The maximum absolute atomic E-state index is 12.9. The maximum Gasteiger partial charge on any atom is 0.261 e. The summed E-state index contributed by atoms with van der Waals surface area (Å²) in [6, 6.07) is 5.76. The zero-order valence-electron chi connectivity index (χ0n) is 16.3. The molecule has 4 rings (SSSR count). The van der Waals surface area contributed by atoms with Gasteiger partial charge in [0, 0.05) is 29.3 Å². The molecule has 0 bridgehead atoms. The Kier molecular flexibility index (Phi) is 4.09. The van der Waals surface area contributed by atoms with Crippen LogP contribution in [-0.4, -0.2) is 23.5 Å². The zero-order chi connectivity index (χ0) is 19.3. The second-order valence-electron chi connectivity index (χ2n) is 8.52. The van der Waals surface area contributed by atoms with E-state index in [1.165, 1.54) is 0 Å². The molecular formula is C21H25N3O3. The van der Waals surface area contributed by atoms with Crippen LogP contribution in [0.1, 0.15) is 61.0 Å². The van der Waals surface area contributed by atoms with E-state index in [1.54, 1.807) is 6.92 Å². The average Bonchev–Trinajstić information content (AvgIpc) is 3.24. The summed E-state index contributed by atoms with van der Waals surface area (Å²) in [4.78, 5) is 27.1. The Labute approximate surface area is 158 Å². The molecule has 0 saturated heterocycles. The molecule has 1 saturated carbocycles. The minimum atomic E-state index is -0.286. The number of carbonyl (C=O) groups excluding carboxylic acids is 2. The molecule has 0 atom stereocenters. The molecule has 2 aromatic rings. The van der Waals surface area contributed by atoms with Crippen LogP contribution in [0.3, 0.4) is 0 Å². The van der Waals surface area contributed by atoms with Gasteiger partial charge in [0.15, 0.2) is 0 Å². The second kappa shape index (κ2) is 6.22. The van der Waals surface area contributed by atoms with Crippen LogP contribution in [0.2, 0.25) is 0 Å². The lowest BCUT2D eigenvalue weighted by Crippen LogP contribution is -2.30. The van der Waals surface area contributed by atoms with Crippen molar-refractivity contribution in [2.75, 3.05) is 16.8 Å². The Hall–Kier alpha value is -2.63. The van der Waals surface area contributed by atoms with E-state index >= 15 is 0 Å². The number of aromatic nitrogens is 1. The fourth-order valence-electron chi connectivity index (χ4n) is 3.60. The van der Waals surface area contributed by atoms with E-state index in [4.69, 9.17) is 4.52 Å². The highest BCUT2D eigenvalue weighted by atomic mass is 16.5. The van der Waals surface area contributed by atoms with Crippen molar-refractivity contribution < 1.29 is 14.1 Å². The molecule has 0 unspecified atom stereocenters. The van der Waals surface area contributed by atoms with Gasteiger partial charge in [0.25, 0.3) is 5.91 Å². The molecule has 0 spiro atoms. The van der Waals surface area contributed by atoms with Crippen LogP contribution >= 0.6 is 0 Å². The zero-order valence-corrected chi connectivity index (χ0v) is 16.3. The first-order chi connectivity index (χ1) is 12.8. The number of amides is 2. The molecule has 27 heavy (non-hydrogen) atoms. The molecule has 0 radical (unpaired) electrons. The number of carbonyl (C=O) groups is 2. The number of nitrogens with zero attached hydrogens (tertiary/aromatic N) is 2. The Morgan fingerprint density at radius 3 is 2.67 bits per heavy atom. The van der Waals surface area contributed by atoms with Gasteiger partial charge in [0.1, 0.15) is 17.0 Å². The second-order valence-corrected chi connectivity index (χ2v) is 8.52. The lowest BCUT2D eigenvalue weighted by Gasteiger charge is -2.18. The Morgan fingerprint density at radius 2 is 2.00 bits per heavy atom. The molecular weight excluding hydrogens is 342 g/mol. The summed E-state index contributed by atoms with van der Waals surface area (Å²) in [5, 5.41) is 7.04. The number of aryl methyl sites for hydroxylation is 1. The lowest BCUT2D eigenvalue weighted by atomic mass is 9.88. The van der Waals surface area contributed by atoms with Gasteiger partial charge in [-0.3, -0.25) is 9.59 Å². The van der Waals surface area contributed by atoms with E-state index in [1.807, 2.05) is 43.9 Å². The van der Waals surface area contributed by atoms with E-state index < -0.39 is 0 Å². The third-order valence-corrected chi connectivity index (χ3v) is 5.23. The number of anilines is 2. The number of hydrogen-bond donors (Lipinski definition) is 1. The average molecular weight is 367 g/mol. The normalized spacial score (nSPS) is 16.4. The number of hydrogen-bond acceptors (Lipinski definition) is 4. The van der Waals surface area contributed by atoms with Gasteiger partial charge in [-0.1, -0.05) is 25.9 Å². The molecule has 1 aromatic carbocycles. The van der Waals surface area contributed by atoms with Gasteiger partial charge in [0.05, 0.1) is 0 Å². The predicted octanol–water partition coefficient (Wildman–Crippen LogP) is 3.83. The van der Waals surface area contributed by atoms with Gasteiger partial charge in [-0.15, -0.1) is 0 Å². The maximum atomic E-state index is 12.9.